The molecule has 4 aromatic rings. The first-order chi connectivity index (χ1) is 13.2. The molecule has 0 aliphatic carbocycles. The van der Waals surface area contributed by atoms with Crippen LogP contribution in [0.2, 0.25) is 0 Å². The highest BCUT2D eigenvalue weighted by Gasteiger charge is 2.18. The summed E-state index contributed by atoms with van der Waals surface area (Å²) in [5, 5.41) is 9.30. The van der Waals surface area contributed by atoms with Gasteiger partial charge in [-0.25, -0.2) is 9.67 Å². The Hall–Kier alpha value is -3.41. The minimum atomic E-state index is -0.255. The molecule has 0 saturated heterocycles. The van der Waals surface area contributed by atoms with E-state index < -0.39 is 0 Å². The average Bonchev–Trinajstić information content (AvgIpc) is 3.03. The highest BCUT2D eigenvalue weighted by atomic mass is 16.5. The Bertz CT molecular complexity index is 1130. The third-order valence-electron chi connectivity index (χ3n) is 4.39. The van der Waals surface area contributed by atoms with E-state index in [4.69, 9.17) is 9.72 Å². The molecule has 1 amide bonds. The summed E-state index contributed by atoms with van der Waals surface area (Å²) in [6.45, 7) is 5.04. The van der Waals surface area contributed by atoms with Crippen molar-refractivity contribution in [3.05, 3.63) is 60.2 Å². The van der Waals surface area contributed by atoms with Gasteiger partial charge < -0.3 is 10.1 Å². The second-order valence-electron chi connectivity index (χ2n) is 6.10. The average molecular weight is 360 g/mol. The Morgan fingerprint density at radius 1 is 1.11 bits per heavy atom. The molecular formula is C21H20N4O2. The normalized spacial score (nSPS) is 11.0. The number of benzene rings is 2. The van der Waals surface area contributed by atoms with E-state index in [0.29, 0.717) is 30.3 Å². The summed E-state index contributed by atoms with van der Waals surface area (Å²) in [5.74, 6) is 0.802. The van der Waals surface area contributed by atoms with E-state index in [-0.39, 0.29) is 5.91 Å². The van der Waals surface area contributed by atoms with Crippen LogP contribution in [0, 0.1) is 0 Å². The standard InChI is InChI=1S/C21H20N4O2/c1-3-25-20-16(13-14-9-5-7-11-17(14)22-20)19(24-25)23-21(26)15-10-6-8-12-18(15)27-4-2/h5-13H,3-4H2,1-2H3,(H,23,24,26). The number of nitrogens with one attached hydrogen (secondary N) is 1. The number of nitrogens with zero attached hydrogens (tertiary/aromatic N) is 3. The van der Waals surface area contributed by atoms with Crippen LogP contribution in [-0.4, -0.2) is 27.3 Å². The molecule has 0 aliphatic heterocycles. The molecule has 0 aliphatic rings. The predicted molar refractivity (Wildman–Crippen MR) is 106 cm³/mol. The van der Waals surface area contributed by atoms with Crippen molar-refractivity contribution in [2.45, 2.75) is 20.4 Å². The molecule has 2 aromatic heterocycles. The van der Waals surface area contributed by atoms with Crippen LogP contribution >= 0.6 is 0 Å². The monoisotopic (exact) mass is 360 g/mol. The number of hydrogen-bond acceptors (Lipinski definition) is 4. The van der Waals surface area contributed by atoms with E-state index in [1.165, 1.54) is 0 Å². The van der Waals surface area contributed by atoms with Gasteiger partial charge >= 0.3 is 0 Å². The van der Waals surface area contributed by atoms with E-state index in [1.54, 1.807) is 16.8 Å². The van der Waals surface area contributed by atoms with Crippen LogP contribution in [0.1, 0.15) is 24.2 Å². The van der Waals surface area contributed by atoms with Crippen molar-refractivity contribution < 1.29 is 9.53 Å². The molecule has 6 nitrogen and oxygen atoms in total. The van der Waals surface area contributed by atoms with Gasteiger partial charge in [-0.15, -0.1) is 0 Å². The van der Waals surface area contributed by atoms with Crippen molar-refractivity contribution in [1.82, 2.24) is 14.8 Å². The summed E-state index contributed by atoms with van der Waals surface area (Å²) in [7, 11) is 0. The van der Waals surface area contributed by atoms with Gasteiger partial charge in [0.2, 0.25) is 0 Å². The third-order valence-corrected chi connectivity index (χ3v) is 4.39. The van der Waals surface area contributed by atoms with Gasteiger partial charge in [0, 0.05) is 11.9 Å². The van der Waals surface area contributed by atoms with Gasteiger partial charge in [0.15, 0.2) is 11.5 Å². The Morgan fingerprint density at radius 2 is 1.89 bits per heavy atom. The summed E-state index contributed by atoms with van der Waals surface area (Å²) in [6.07, 6.45) is 0. The van der Waals surface area contributed by atoms with Gasteiger partial charge in [-0.05, 0) is 38.1 Å². The number of fused-ring (bicyclic) bond motifs is 2. The lowest BCUT2D eigenvalue weighted by Gasteiger charge is -2.09. The molecule has 2 aromatic carbocycles. The third kappa shape index (κ3) is 3.10. The summed E-state index contributed by atoms with van der Waals surface area (Å²) in [4.78, 5) is 17.6. The maximum absolute atomic E-state index is 12.9. The van der Waals surface area contributed by atoms with E-state index in [0.717, 1.165) is 21.9 Å². The van der Waals surface area contributed by atoms with Crippen molar-refractivity contribution >= 4 is 33.7 Å². The highest BCUT2D eigenvalue weighted by Crippen LogP contribution is 2.27. The van der Waals surface area contributed by atoms with Crippen LogP contribution in [0.15, 0.2) is 54.6 Å². The van der Waals surface area contributed by atoms with Crippen molar-refractivity contribution in [2.24, 2.45) is 0 Å². The topological polar surface area (TPSA) is 69.0 Å². The second kappa shape index (κ2) is 7.07. The van der Waals surface area contributed by atoms with Crippen molar-refractivity contribution in [3.8, 4) is 5.75 Å². The fourth-order valence-electron chi connectivity index (χ4n) is 3.12. The van der Waals surface area contributed by atoms with Gasteiger partial charge in [-0.1, -0.05) is 30.3 Å². The Kier molecular flexibility index (Phi) is 4.46. The van der Waals surface area contributed by atoms with Gasteiger partial charge in [-0.2, -0.15) is 5.10 Å². The number of carbonyl (C=O) groups is 1. The number of rotatable bonds is 5. The lowest BCUT2D eigenvalue weighted by atomic mass is 10.1. The van der Waals surface area contributed by atoms with Crippen LogP contribution in [-0.2, 0) is 6.54 Å². The summed E-state index contributed by atoms with van der Waals surface area (Å²) in [5.41, 5.74) is 2.14. The second-order valence-corrected chi connectivity index (χ2v) is 6.10. The van der Waals surface area contributed by atoms with Gasteiger partial charge in [0.05, 0.1) is 23.1 Å². The van der Waals surface area contributed by atoms with Gasteiger partial charge in [0.25, 0.3) is 5.91 Å². The zero-order valence-corrected chi connectivity index (χ0v) is 15.3. The number of amides is 1. The Balaban J connectivity index is 1.78. The van der Waals surface area contributed by atoms with Crippen LogP contribution in [0.4, 0.5) is 5.82 Å². The van der Waals surface area contributed by atoms with E-state index >= 15 is 0 Å². The van der Waals surface area contributed by atoms with Crippen molar-refractivity contribution in [1.29, 1.82) is 0 Å². The van der Waals surface area contributed by atoms with Crippen LogP contribution in [0.5, 0.6) is 5.75 Å². The maximum atomic E-state index is 12.9. The number of pyridine rings is 1. The van der Waals surface area contributed by atoms with E-state index in [9.17, 15) is 4.79 Å². The maximum Gasteiger partial charge on any atom is 0.260 e. The summed E-state index contributed by atoms with van der Waals surface area (Å²) < 4.78 is 7.37. The first-order valence-corrected chi connectivity index (χ1v) is 9.00. The van der Waals surface area contributed by atoms with E-state index in [2.05, 4.69) is 10.4 Å². The molecule has 0 fully saturated rings. The minimum Gasteiger partial charge on any atom is -0.493 e. The molecule has 2 heterocycles. The van der Waals surface area contributed by atoms with Gasteiger partial charge in [0.1, 0.15) is 5.75 Å². The zero-order valence-electron chi connectivity index (χ0n) is 15.3. The molecule has 4 rings (SSSR count). The number of aromatic nitrogens is 3. The fourth-order valence-corrected chi connectivity index (χ4v) is 3.12. The molecule has 1 N–H and O–H groups in total. The molecule has 136 valence electrons. The fraction of sp³-hybridized carbons (Fsp3) is 0.190. The zero-order chi connectivity index (χ0) is 18.8. The SMILES string of the molecule is CCOc1ccccc1C(=O)Nc1nn(CC)c2nc3ccccc3cc12. The molecule has 6 heteroatoms. The summed E-state index contributed by atoms with van der Waals surface area (Å²) in [6, 6.07) is 17.1. The Morgan fingerprint density at radius 3 is 2.70 bits per heavy atom. The lowest BCUT2D eigenvalue weighted by Crippen LogP contribution is -2.14. The van der Waals surface area contributed by atoms with Crippen LogP contribution < -0.4 is 10.1 Å². The summed E-state index contributed by atoms with van der Waals surface area (Å²) >= 11 is 0. The highest BCUT2D eigenvalue weighted by molar-refractivity contribution is 6.10. The quantitative estimate of drug-likeness (QED) is 0.577. The molecule has 0 spiro atoms. The molecule has 27 heavy (non-hydrogen) atoms. The number of hydrogen-bond donors (Lipinski definition) is 1. The molecule has 0 bridgehead atoms. The smallest absolute Gasteiger partial charge is 0.260 e. The number of anilines is 1. The first kappa shape index (κ1) is 17.0. The van der Waals surface area contributed by atoms with Gasteiger partial charge in [-0.3, -0.25) is 4.79 Å². The van der Waals surface area contributed by atoms with Crippen molar-refractivity contribution in [3.63, 3.8) is 0 Å². The molecule has 0 saturated carbocycles. The molecular weight excluding hydrogens is 340 g/mol. The largest absolute Gasteiger partial charge is 0.493 e. The Labute approximate surface area is 156 Å². The molecule has 0 unspecified atom stereocenters. The number of para-hydroxylation sites is 2. The molecule has 0 radical (unpaired) electrons. The number of carbonyl (C=O) groups excluding carboxylic acids is 1. The lowest BCUT2D eigenvalue weighted by molar-refractivity contribution is 0.102. The van der Waals surface area contributed by atoms with Crippen LogP contribution in [0.25, 0.3) is 21.9 Å². The molecule has 0 atom stereocenters. The van der Waals surface area contributed by atoms with E-state index in [1.807, 2.05) is 56.3 Å². The minimum absolute atomic E-state index is 0.255. The first-order valence-electron chi connectivity index (χ1n) is 9.00. The predicted octanol–water partition coefficient (Wildman–Crippen LogP) is 4.26. The number of aryl methyl sites for hydroxylation is 1. The van der Waals surface area contributed by atoms with Crippen molar-refractivity contribution in [2.75, 3.05) is 11.9 Å². The number of ether oxygens (including phenoxy) is 1. The van der Waals surface area contributed by atoms with Crippen LogP contribution in [0.3, 0.4) is 0 Å².